The molecule has 0 fully saturated rings. The molecule has 3 aromatic heterocycles. The number of nitrogens with one attached hydrogen (secondary N) is 2. The van der Waals surface area contributed by atoms with Crippen LogP contribution in [0.1, 0.15) is 32.9 Å². The van der Waals surface area contributed by atoms with E-state index in [4.69, 9.17) is 11.6 Å². The highest BCUT2D eigenvalue weighted by molar-refractivity contribution is 6.35. The summed E-state index contributed by atoms with van der Waals surface area (Å²) in [5.41, 5.74) is 5.15. The van der Waals surface area contributed by atoms with Crippen molar-refractivity contribution in [2.45, 2.75) is 19.9 Å². The van der Waals surface area contributed by atoms with E-state index in [1.807, 2.05) is 31.3 Å². The number of fused-ring (bicyclic) bond motifs is 2. The Labute approximate surface area is 194 Å². The van der Waals surface area contributed by atoms with Crippen molar-refractivity contribution >= 4 is 39.3 Å². The predicted molar refractivity (Wildman–Crippen MR) is 128 cm³/mol. The standard InChI is InChI=1S/C26H20ClFN4O/c1-15-7-17-8-16(5-6-23(17)29-12-15)9-19-3-2-4-24(32-19)26(33)31-13-18-10-20-21(27)14-30-25(20)11-22(18)28/h2-8,10-12,14,30H,9,13H2,1H3,(H,31,33). The maximum absolute atomic E-state index is 14.4. The fourth-order valence-electron chi connectivity index (χ4n) is 3.87. The molecule has 0 radical (unpaired) electrons. The fraction of sp³-hybridized carbons (Fsp3) is 0.115. The quantitative estimate of drug-likeness (QED) is 0.353. The molecule has 7 heteroatoms. The van der Waals surface area contributed by atoms with Crippen LogP contribution in [0.25, 0.3) is 21.8 Å². The van der Waals surface area contributed by atoms with E-state index >= 15 is 0 Å². The number of carbonyl (C=O) groups excluding carboxylic acids is 1. The van der Waals surface area contributed by atoms with Gasteiger partial charge in [0.1, 0.15) is 11.5 Å². The van der Waals surface area contributed by atoms with Gasteiger partial charge in [0.05, 0.1) is 10.5 Å². The number of amides is 1. The third-order valence-corrected chi connectivity index (χ3v) is 5.86. The lowest BCUT2D eigenvalue weighted by molar-refractivity contribution is 0.0945. The molecule has 164 valence electrons. The third kappa shape index (κ3) is 4.43. The van der Waals surface area contributed by atoms with E-state index in [9.17, 15) is 9.18 Å². The van der Waals surface area contributed by atoms with Gasteiger partial charge in [-0.3, -0.25) is 9.78 Å². The molecular formula is C26H20ClFN4O. The number of aryl methyl sites for hydroxylation is 1. The normalized spacial score (nSPS) is 11.2. The van der Waals surface area contributed by atoms with Crippen LogP contribution >= 0.6 is 11.6 Å². The molecule has 0 spiro atoms. The van der Waals surface area contributed by atoms with Crippen molar-refractivity contribution in [1.82, 2.24) is 20.3 Å². The Morgan fingerprint density at radius 1 is 1.15 bits per heavy atom. The number of halogens is 2. The van der Waals surface area contributed by atoms with E-state index in [2.05, 4.69) is 32.4 Å². The fourth-order valence-corrected chi connectivity index (χ4v) is 4.08. The predicted octanol–water partition coefficient (Wildman–Crippen LogP) is 5.73. The molecule has 3 heterocycles. The van der Waals surface area contributed by atoms with Gasteiger partial charge >= 0.3 is 0 Å². The molecule has 5 nitrogen and oxygen atoms in total. The maximum Gasteiger partial charge on any atom is 0.270 e. The summed E-state index contributed by atoms with van der Waals surface area (Å²) >= 11 is 6.12. The van der Waals surface area contributed by atoms with Crippen molar-refractivity contribution in [3.63, 3.8) is 0 Å². The second kappa shape index (κ2) is 8.64. The SMILES string of the molecule is Cc1cnc2ccc(Cc3cccc(C(=O)NCc4cc5c(Cl)c[nH]c5cc4F)n3)cc2c1. The minimum atomic E-state index is -0.413. The minimum absolute atomic E-state index is 0.0328. The van der Waals surface area contributed by atoms with Gasteiger partial charge in [0.25, 0.3) is 5.91 Å². The highest BCUT2D eigenvalue weighted by Gasteiger charge is 2.12. The summed E-state index contributed by atoms with van der Waals surface area (Å²) in [6.45, 7) is 2.05. The summed E-state index contributed by atoms with van der Waals surface area (Å²) < 4.78 is 14.4. The zero-order valence-electron chi connectivity index (χ0n) is 17.8. The molecule has 2 N–H and O–H groups in total. The second-order valence-electron chi connectivity index (χ2n) is 8.04. The van der Waals surface area contributed by atoms with Gasteiger partial charge in [0.15, 0.2) is 0 Å². The van der Waals surface area contributed by atoms with Gasteiger partial charge in [-0.15, -0.1) is 0 Å². The van der Waals surface area contributed by atoms with Crippen molar-refractivity contribution in [3.8, 4) is 0 Å². The Bertz CT molecular complexity index is 1510. The van der Waals surface area contributed by atoms with Crippen LogP contribution in [-0.2, 0) is 13.0 Å². The van der Waals surface area contributed by atoms with E-state index in [0.717, 1.165) is 27.7 Å². The van der Waals surface area contributed by atoms with Crippen LogP contribution in [0.4, 0.5) is 4.39 Å². The number of hydrogen-bond acceptors (Lipinski definition) is 3. The first-order valence-corrected chi connectivity index (χ1v) is 10.9. The number of rotatable bonds is 5. The Balaban J connectivity index is 1.31. The number of H-pyrrole nitrogens is 1. The molecule has 2 aromatic carbocycles. The number of hydrogen-bond donors (Lipinski definition) is 2. The van der Waals surface area contributed by atoms with Gasteiger partial charge < -0.3 is 10.3 Å². The molecule has 1 amide bonds. The second-order valence-corrected chi connectivity index (χ2v) is 8.45. The number of aromatic nitrogens is 3. The van der Waals surface area contributed by atoms with E-state index in [1.165, 1.54) is 6.07 Å². The highest BCUT2D eigenvalue weighted by Crippen LogP contribution is 2.26. The number of pyridine rings is 2. The average Bonchev–Trinajstić information content (AvgIpc) is 3.16. The van der Waals surface area contributed by atoms with Crippen LogP contribution in [-0.4, -0.2) is 20.9 Å². The van der Waals surface area contributed by atoms with Gasteiger partial charge in [0.2, 0.25) is 0 Å². The average molecular weight is 459 g/mol. The van der Waals surface area contributed by atoms with Crippen LogP contribution in [0.15, 0.2) is 67.0 Å². The van der Waals surface area contributed by atoms with E-state index in [-0.39, 0.29) is 18.1 Å². The zero-order valence-corrected chi connectivity index (χ0v) is 18.6. The van der Waals surface area contributed by atoms with Crippen molar-refractivity contribution in [1.29, 1.82) is 0 Å². The molecule has 5 rings (SSSR count). The smallest absolute Gasteiger partial charge is 0.270 e. The summed E-state index contributed by atoms with van der Waals surface area (Å²) in [5.74, 6) is -0.779. The van der Waals surface area contributed by atoms with Crippen molar-refractivity contribution in [3.05, 3.63) is 106 Å². The lowest BCUT2D eigenvalue weighted by Gasteiger charge is -2.09. The Morgan fingerprint density at radius 3 is 2.91 bits per heavy atom. The Hall–Kier alpha value is -3.77. The zero-order chi connectivity index (χ0) is 22.9. The Kier molecular flexibility index (Phi) is 5.52. The number of aromatic amines is 1. The van der Waals surface area contributed by atoms with Gasteiger partial charge in [-0.25, -0.2) is 9.37 Å². The first kappa shape index (κ1) is 21.1. The van der Waals surface area contributed by atoms with Gasteiger partial charge in [-0.05, 0) is 60.5 Å². The molecule has 0 aliphatic carbocycles. The van der Waals surface area contributed by atoms with Gasteiger partial charge in [0, 0.05) is 52.9 Å². The number of carbonyl (C=O) groups is 1. The third-order valence-electron chi connectivity index (χ3n) is 5.54. The molecule has 0 unspecified atom stereocenters. The number of nitrogens with zero attached hydrogens (tertiary/aromatic N) is 2. The van der Waals surface area contributed by atoms with Gasteiger partial charge in [-0.1, -0.05) is 23.7 Å². The van der Waals surface area contributed by atoms with E-state index < -0.39 is 5.82 Å². The van der Waals surface area contributed by atoms with Crippen LogP contribution < -0.4 is 5.32 Å². The monoisotopic (exact) mass is 458 g/mol. The topological polar surface area (TPSA) is 70.7 Å². The molecule has 0 atom stereocenters. The van der Waals surface area contributed by atoms with E-state index in [1.54, 1.807) is 24.4 Å². The first-order chi connectivity index (χ1) is 16.0. The van der Waals surface area contributed by atoms with Crippen molar-refractivity contribution in [2.24, 2.45) is 0 Å². The molecule has 5 aromatic rings. The van der Waals surface area contributed by atoms with Crippen LogP contribution in [0.3, 0.4) is 0 Å². The lowest BCUT2D eigenvalue weighted by atomic mass is 10.1. The van der Waals surface area contributed by atoms with Crippen LogP contribution in [0, 0.1) is 12.7 Å². The van der Waals surface area contributed by atoms with E-state index in [0.29, 0.717) is 27.9 Å². The molecule has 33 heavy (non-hydrogen) atoms. The summed E-state index contributed by atoms with van der Waals surface area (Å²) in [4.78, 5) is 24.5. The highest BCUT2D eigenvalue weighted by atomic mass is 35.5. The Morgan fingerprint density at radius 2 is 2.03 bits per heavy atom. The minimum Gasteiger partial charge on any atom is -0.360 e. The lowest BCUT2D eigenvalue weighted by Crippen LogP contribution is -2.24. The van der Waals surface area contributed by atoms with Crippen LogP contribution in [0.2, 0.25) is 5.02 Å². The van der Waals surface area contributed by atoms with Gasteiger partial charge in [-0.2, -0.15) is 0 Å². The maximum atomic E-state index is 14.4. The molecular weight excluding hydrogens is 439 g/mol. The molecule has 0 aliphatic rings. The van der Waals surface area contributed by atoms with Crippen molar-refractivity contribution in [2.75, 3.05) is 0 Å². The summed E-state index contributed by atoms with van der Waals surface area (Å²) in [5, 5.41) is 5.04. The first-order valence-electron chi connectivity index (χ1n) is 10.5. The molecule has 0 saturated carbocycles. The summed E-state index contributed by atoms with van der Waals surface area (Å²) in [7, 11) is 0. The number of benzene rings is 2. The summed E-state index contributed by atoms with van der Waals surface area (Å²) in [6.07, 6.45) is 4.04. The molecule has 0 saturated heterocycles. The molecule has 0 aliphatic heterocycles. The molecule has 0 bridgehead atoms. The summed E-state index contributed by atoms with van der Waals surface area (Å²) in [6, 6.07) is 16.6. The van der Waals surface area contributed by atoms with Crippen LogP contribution in [0.5, 0.6) is 0 Å². The van der Waals surface area contributed by atoms with Crippen molar-refractivity contribution < 1.29 is 9.18 Å². The largest absolute Gasteiger partial charge is 0.360 e.